The molecule has 0 saturated heterocycles. The number of amides is 1. The number of hydrogen-bond donors (Lipinski definition) is 1. The minimum absolute atomic E-state index is 0.110. The molecule has 0 unspecified atom stereocenters. The van der Waals surface area contributed by atoms with Crippen LogP contribution in [0.2, 0.25) is 0 Å². The number of sulfonamides is 1. The fourth-order valence-corrected chi connectivity index (χ4v) is 4.32. The molecule has 0 radical (unpaired) electrons. The number of carbonyl (C=O) groups is 1. The summed E-state index contributed by atoms with van der Waals surface area (Å²) in [5.41, 5.74) is 2.24. The standard InChI is InChI=1S/C23H32N2O5S/c1-7-19(17-12-13-21(29-4)22(14-17)30-5)24-23(26)15-25(31(6,27)28)20-11-9-8-10-18(20)16(2)3/h8-14,16,19H,7,15H2,1-6H3,(H,24,26)/t19-/m0/s1. The Morgan fingerprint density at radius 2 is 1.71 bits per heavy atom. The summed E-state index contributed by atoms with van der Waals surface area (Å²) in [7, 11) is -0.546. The zero-order valence-corrected chi connectivity index (χ0v) is 19.8. The van der Waals surface area contributed by atoms with E-state index in [1.165, 1.54) is 4.31 Å². The number of para-hydroxylation sites is 1. The first-order chi connectivity index (χ1) is 14.6. The molecule has 0 aliphatic carbocycles. The highest BCUT2D eigenvalue weighted by Gasteiger charge is 2.25. The Hall–Kier alpha value is -2.74. The zero-order valence-electron chi connectivity index (χ0n) is 19.0. The summed E-state index contributed by atoms with van der Waals surface area (Å²) >= 11 is 0. The number of nitrogens with one attached hydrogen (secondary N) is 1. The zero-order chi connectivity index (χ0) is 23.2. The first-order valence-electron chi connectivity index (χ1n) is 10.2. The average molecular weight is 449 g/mol. The van der Waals surface area contributed by atoms with Crippen LogP contribution in [-0.4, -0.2) is 41.3 Å². The lowest BCUT2D eigenvalue weighted by atomic mass is 10.0. The predicted octanol–water partition coefficient (Wildman–Crippen LogP) is 3.86. The van der Waals surface area contributed by atoms with Gasteiger partial charge in [0.25, 0.3) is 0 Å². The van der Waals surface area contributed by atoms with Gasteiger partial charge in [0.15, 0.2) is 11.5 Å². The SMILES string of the molecule is CC[C@H](NC(=O)CN(c1ccccc1C(C)C)S(C)(=O)=O)c1ccc(OC)c(OC)c1. The highest BCUT2D eigenvalue weighted by molar-refractivity contribution is 7.92. The molecular weight excluding hydrogens is 416 g/mol. The normalized spacial score (nSPS) is 12.4. The summed E-state index contributed by atoms with van der Waals surface area (Å²) in [5, 5.41) is 2.95. The van der Waals surface area contributed by atoms with Crippen LogP contribution in [0.25, 0.3) is 0 Å². The van der Waals surface area contributed by atoms with E-state index in [1.807, 2.05) is 45.0 Å². The molecule has 0 aliphatic rings. The van der Waals surface area contributed by atoms with Gasteiger partial charge in [0.05, 0.1) is 32.2 Å². The molecule has 0 saturated carbocycles. The molecular formula is C23H32N2O5S. The van der Waals surface area contributed by atoms with Crippen molar-refractivity contribution in [2.24, 2.45) is 0 Å². The van der Waals surface area contributed by atoms with E-state index in [-0.39, 0.29) is 24.4 Å². The third-order valence-corrected chi connectivity index (χ3v) is 6.19. The molecule has 1 amide bonds. The van der Waals surface area contributed by atoms with Crippen molar-refractivity contribution < 1.29 is 22.7 Å². The van der Waals surface area contributed by atoms with Crippen LogP contribution in [0.3, 0.4) is 0 Å². The Balaban J connectivity index is 2.29. The van der Waals surface area contributed by atoms with Gasteiger partial charge >= 0.3 is 0 Å². The van der Waals surface area contributed by atoms with Crippen molar-refractivity contribution in [3.8, 4) is 11.5 Å². The quantitative estimate of drug-likeness (QED) is 0.597. The van der Waals surface area contributed by atoms with Gasteiger partial charge in [0.1, 0.15) is 6.54 Å². The summed E-state index contributed by atoms with van der Waals surface area (Å²) < 4.78 is 36.9. The van der Waals surface area contributed by atoms with Crippen molar-refractivity contribution in [2.75, 3.05) is 31.3 Å². The molecule has 0 heterocycles. The number of anilines is 1. The van der Waals surface area contributed by atoms with Crippen molar-refractivity contribution in [2.45, 2.75) is 39.2 Å². The maximum Gasteiger partial charge on any atom is 0.241 e. The molecule has 7 nitrogen and oxygen atoms in total. The smallest absolute Gasteiger partial charge is 0.241 e. The summed E-state index contributed by atoms with van der Waals surface area (Å²) in [6, 6.07) is 12.4. The Kier molecular flexibility index (Phi) is 8.33. The molecule has 170 valence electrons. The van der Waals surface area contributed by atoms with Crippen LogP contribution in [0.15, 0.2) is 42.5 Å². The summed E-state index contributed by atoms with van der Waals surface area (Å²) in [5.74, 6) is 0.890. The molecule has 0 aliphatic heterocycles. The van der Waals surface area contributed by atoms with Gasteiger partial charge in [-0.15, -0.1) is 0 Å². The van der Waals surface area contributed by atoms with Crippen molar-refractivity contribution >= 4 is 21.6 Å². The van der Waals surface area contributed by atoms with Gasteiger partial charge in [0, 0.05) is 0 Å². The van der Waals surface area contributed by atoms with Crippen LogP contribution < -0.4 is 19.1 Å². The molecule has 0 fully saturated rings. The Morgan fingerprint density at radius 1 is 1.06 bits per heavy atom. The molecule has 8 heteroatoms. The van der Waals surface area contributed by atoms with Crippen LogP contribution in [-0.2, 0) is 14.8 Å². The van der Waals surface area contributed by atoms with Gasteiger partial charge in [-0.3, -0.25) is 9.10 Å². The Bertz CT molecular complexity index is 1000. The van der Waals surface area contributed by atoms with Crippen LogP contribution in [0, 0.1) is 0 Å². The summed E-state index contributed by atoms with van der Waals surface area (Å²) in [6.07, 6.45) is 1.74. The predicted molar refractivity (Wildman–Crippen MR) is 123 cm³/mol. The first kappa shape index (κ1) is 24.5. The van der Waals surface area contributed by atoms with E-state index >= 15 is 0 Å². The maximum absolute atomic E-state index is 12.9. The van der Waals surface area contributed by atoms with Gasteiger partial charge in [-0.25, -0.2) is 8.42 Å². The summed E-state index contributed by atoms with van der Waals surface area (Å²) in [4.78, 5) is 12.9. The van der Waals surface area contributed by atoms with Crippen LogP contribution in [0.4, 0.5) is 5.69 Å². The first-order valence-corrected chi connectivity index (χ1v) is 12.0. The van der Waals surface area contributed by atoms with Gasteiger partial charge in [-0.1, -0.05) is 45.0 Å². The van der Waals surface area contributed by atoms with E-state index in [9.17, 15) is 13.2 Å². The van der Waals surface area contributed by atoms with E-state index in [4.69, 9.17) is 9.47 Å². The molecule has 1 N–H and O–H groups in total. The van der Waals surface area contributed by atoms with E-state index in [2.05, 4.69) is 5.32 Å². The number of hydrogen-bond acceptors (Lipinski definition) is 5. The summed E-state index contributed by atoms with van der Waals surface area (Å²) in [6.45, 7) is 5.63. The van der Waals surface area contributed by atoms with E-state index in [1.54, 1.807) is 32.4 Å². The third kappa shape index (κ3) is 6.13. The lowest BCUT2D eigenvalue weighted by Crippen LogP contribution is -2.42. The second kappa shape index (κ2) is 10.5. The minimum atomic E-state index is -3.66. The third-order valence-electron chi connectivity index (χ3n) is 5.07. The lowest BCUT2D eigenvalue weighted by Gasteiger charge is -2.27. The number of rotatable bonds is 10. The van der Waals surface area contributed by atoms with Crippen molar-refractivity contribution in [1.29, 1.82) is 0 Å². The largest absolute Gasteiger partial charge is 0.493 e. The number of benzene rings is 2. The van der Waals surface area contributed by atoms with Gasteiger partial charge in [-0.05, 0) is 41.7 Å². The highest BCUT2D eigenvalue weighted by atomic mass is 32.2. The van der Waals surface area contributed by atoms with E-state index in [0.717, 1.165) is 17.4 Å². The molecule has 0 spiro atoms. The highest BCUT2D eigenvalue weighted by Crippen LogP contribution is 2.31. The average Bonchev–Trinajstić information content (AvgIpc) is 2.74. The molecule has 2 aromatic carbocycles. The molecule has 0 bridgehead atoms. The van der Waals surface area contributed by atoms with E-state index < -0.39 is 10.0 Å². The van der Waals surface area contributed by atoms with Gasteiger partial charge in [0.2, 0.25) is 15.9 Å². The molecule has 0 aromatic heterocycles. The number of methoxy groups -OCH3 is 2. The van der Waals surface area contributed by atoms with Crippen molar-refractivity contribution in [3.05, 3.63) is 53.6 Å². The number of ether oxygens (including phenoxy) is 2. The van der Waals surface area contributed by atoms with E-state index in [0.29, 0.717) is 23.6 Å². The molecule has 2 rings (SSSR count). The monoisotopic (exact) mass is 448 g/mol. The van der Waals surface area contributed by atoms with Crippen LogP contribution in [0.5, 0.6) is 11.5 Å². The lowest BCUT2D eigenvalue weighted by molar-refractivity contribution is -0.120. The topological polar surface area (TPSA) is 84.9 Å². The van der Waals surface area contributed by atoms with Gasteiger partial charge in [-0.2, -0.15) is 0 Å². The second-order valence-corrected chi connectivity index (χ2v) is 9.53. The fourth-order valence-electron chi connectivity index (χ4n) is 3.45. The number of nitrogens with zero attached hydrogens (tertiary/aromatic N) is 1. The minimum Gasteiger partial charge on any atom is -0.493 e. The molecule has 31 heavy (non-hydrogen) atoms. The van der Waals surface area contributed by atoms with Crippen molar-refractivity contribution in [3.63, 3.8) is 0 Å². The maximum atomic E-state index is 12.9. The molecule has 1 atom stereocenters. The Labute approximate surface area is 185 Å². The van der Waals surface area contributed by atoms with Crippen LogP contribution >= 0.6 is 0 Å². The number of carbonyl (C=O) groups excluding carboxylic acids is 1. The Morgan fingerprint density at radius 3 is 2.26 bits per heavy atom. The fraction of sp³-hybridized carbons (Fsp3) is 0.435. The van der Waals surface area contributed by atoms with Crippen molar-refractivity contribution in [1.82, 2.24) is 5.32 Å². The van der Waals surface area contributed by atoms with Gasteiger partial charge < -0.3 is 14.8 Å². The second-order valence-electron chi connectivity index (χ2n) is 7.63. The molecule has 2 aromatic rings. The van der Waals surface area contributed by atoms with Crippen LogP contribution in [0.1, 0.15) is 50.3 Å².